The number of hydrogen-bond donors (Lipinski definition) is 1. The zero-order chi connectivity index (χ0) is 19.7. The van der Waals surface area contributed by atoms with Crippen molar-refractivity contribution in [1.82, 2.24) is 25.2 Å². The molecule has 0 amide bonds. The highest BCUT2D eigenvalue weighted by Gasteiger charge is 2.35. The smallest absolute Gasteiger partial charge is 0.248 e. The second kappa shape index (κ2) is 7.50. The summed E-state index contributed by atoms with van der Waals surface area (Å²) in [5.74, 6) is -1.70. The topological polar surface area (TPSA) is 77.2 Å². The zero-order valence-corrected chi connectivity index (χ0v) is 15.4. The lowest BCUT2D eigenvalue weighted by Gasteiger charge is -2.28. The number of hydrogen-bond acceptors (Lipinski definition) is 6. The molecule has 1 unspecified atom stereocenters. The number of amidine groups is 1. The van der Waals surface area contributed by atoms with Crippen LogP contribution in [-0.4, -0.2) is 37.7 Å². The first-order valence-electron chi connectivity index (χ1n) is 9.28. The molecule has 1 aliphatic heterocycles. The highest BCUT2D eigenvalue weighted by atomic mass is 19.3. The summed E-state index contributed by atoms with van der Waals surface area (Å²) in [7, 11) is 0. The van der Waals surface area contributed by atoms with Crippen LogP contribution in [0.4, 0.5) is 13.2 Å². The molecule has 28 heavy (non-hydrogen) atoms. The summed E-state index contributed by atoms with van der Waals surface area (Å²) in [6.07, 6.45) is 2.51. The molecule has 0 bridgehead atoms. The molecule has 10 heteroatoms. The third-order valence-corrected chi connectivity index (χ3v) is 4.97. The fourth-order valence-electron chi connectivity index (χ4n) is 3.45. The summed E-state index contributed by atoms with van der Waals surface area (Å²) in [4.78, 5) is 18.5. The Hall–Kier alpha value is -2.49. The van der Waals surface area contributed by atoms with Gasteiger partial charge >= 0.3 is 0 Å². The summed E-state index contributed by atoms with van der Waals surface area (Å²) >= 11 is 0. The Balaban J connectivity index is 1.63. The molecule has 1 aliphatic carbocycles. The quantitative estimate of drug-likeness (QED) is 0.843. The molecule has 150 valence electrons. The fourth-order valence-corrected chi connectivity index (χ4v) is 3.45. The molecule has 3 heterocycles. The van der Waals surface area contributed by atoms with Crippen molar-refractivity contribution in [2.75, 3.05) is 0 Å². The minimum atomic E-state index is -2.56. The van der Waals surface area contributed by atoms with Crippen molar-refractivity contribution < 1.29 is 18.0 Å². The first kappa shape index (κ1) is 18.9. The summed E-state index contributed by atoms with van der Waals surface area (Å²) in [6.45, 7) is 1.10. The lowest BCUT2D eigenvalue weighted by atomic mass is 9.84. The van der Waals surface area contributed by atoms with E-state index in [4.69, 9.17) is 4.84 Å². The van der Waals surface area contributed by atoms with Gasteiger partial charge in [-0.2, -0.15) is 5.10 Å². The second-order valence-corrected chi connectivity index (χ2v) is 7.23. The molecule has 4 rings (SSSR count). The van der Waals surface area contributed by atoms with Crippen LogP contribution in [0.1, 0.15) is 49.7 Å². The number of aromatic nitrogens is 4. The monoisotopic (exact) mass is 394 g/mol. The van der Waals surface area contributed by atoms with Gasteiger partial charge in [-0.25, -0.2) is 43.1 Å². The number of alkyl halides is 3. The van der Waals surface area contributed by atoms with Gasteiger partial charge in [-0.05, 0) is 44.2 Å². The van der Waals surface area contributed by atoms with Crippen LogP contribution < -0.4 is 5.48 Å². The molecule has 0 saturated heterocycles. The SMILES string of the molecule is CC1N=C(c2cc(CC3CCC(F)(F)CC3)nc(-n3ccc(CF)n3)n2)NO1. The van der Waals surface area contributed by atoms with Crippen LogP contribution in [0, 0.1) is 5.92 Å². The molecule has 1 fully saturated rings. The van der Waals surface area contributed by atoms with Gasteiger partial charge in [0.05, 0.1) is 5.69 Å². The molecule has 0 radical (unpaired) electrons. The predicted octanol–water partition coefficient (Wildman–Crippen LogP) is 3.13. The van der Waals surface area contributed by atoms with Gasteiger partial charge in [0.15, 0.2) is 12.1 Å². The first-order valence-corrected chi connectivity index (χ1v) is 9.28. The minimum Gasteiger partial charge on any atom is -0.248 e. The third kappa shape index (κ3) is 4.16. The number of hydroxylamine groups is 1. The number of aliphatic imine (C=N–C) groups is 1. The highest BCUT2D eigenvalue weighted by Crippen LogP contribution is 2.37. The molecule has 2 aromatic rings. The Kier molecular flexibility index (Phi) is 5.05. The standard InChI is InChI=1S/C18H21F3N6O/c1-11-22-16(26-28-11)15-9-14(8-12-2-5-18(20,21)6-3-12)23-17(24-15)27-7-4-13(10-19)25-27/h4,7,9,11-12H,2-3,5-6,8,10H2,1H3,(H,22,26). The van der Waals surface area contributed by atoms with Crippen molar-refractivity contribution in [2.45, 2.75) is 57.9 Å². The number of nitrogens with zero attached hydrogens (tertiary/aromatic N) is 5. The van der Waals surface area contributed by atoms with E-state index in [1.807, 2.05) is 0 Å². The van der Waals surface area contributed by atoms with E-state index in [0.717, 1.165) is 0 Å². The van der Waals surface area contributed by atoms with Crippen molar-refractivity contribution in [3.8, 4) is 5.95 Å². The summed E-state index contributed by atoms with van der Waals surface area (Å²) < 4.78 is 41.1. The maximum Gasteiger partial charge on any atom is 0.251 e. The van der Waals surface area contributed by atoms with Crippen LogP contribution in [0.15, 0.2) is 23.3 Å². The second-order valence-electron chi connectivity index (χ2n) is 7.23. The molecule has 0 aromatic carbocycles. The number of nitrogens with one attached hydrogen (secondary N) is 1. The van der Waals surface area contributed by atoms with E-state index < -0.39 is 12.6 Å². The van der Waals surface area contributed by atoms with Crippen molar-refractivity contribution in [2.24, 2.45) is 10.9 Å². The average Bonchev–Trinajstić information content (AvgIpc) is 3.32. The Bertz CT molecular complexity index is 874. The molecule has 2 aromatic heterocycles. The molecular weight excluding hydrogens is 373 g/mol. The van der Waals surface area contributed by atoms with Crippen LogP contribution in [0.3, 0.4) is 0 Å². The van der Waals surface area contributed by atoms with Gasteiger partial charge < -0.3 is 0 Å². The van der Waals surface area contributed by atoms with E-state index in [2.05, 4.69) is 25.5 Å². The Labute approximate surface area is 160 Å². The van der Waals surface area contributed by atoms with Crippen LogP contribution in [0.25, 0.3) is 5.95 Å². The van der Waals surface area contributed by atoms with E-state index in [-0.39, 0.29) is 36.6 Å². The van der Waals surface area contributed by atoms with Gasteiger partial charge in [0.2, 0.25) is 5.92 Å². The van der Waals surface area contributed by atoms with Gasteiger partial charge in [0, 0.05) is 24.7 Å². The third-order valence-electron chi connectivity index (χ3n) is 4.97. The molecule has 1 N–H and O–H groups in total. The number of rotatable bonds is 5. The Morgan fingerprint density at radius 3 is 2.68 bits per heavy atom. The van der Waals surface area contributed by atoms with Gasteiger partial charge in [-0.1, -0.05) is 0 Å². The van der Waals surface area contributed by atoms with Crippen molar-refractivity contribution in [1.29, 1.82) is 0 Å². The van der Waals surface area contributed by atoms with E-state index in [0.29, 0.717) is 36.5 Å². The van der Waals surface area contributed by atoms with Crippen molar-refractivity contribution in [3.63, 3.8) is 0 Å². The van der Waals surface area contributed by atoms with Crippen LogP contribution in [0.2, 0.25) is 0 Å². The fraction of sp³-hybridized carbons (Fsp3) is 0.556. The normalized spacial score (nSPS) is 22.1. The van der Waals surface area contributed by atoms with E-state index in [1.165, 1.54) is 4.68 Å². The Morgan fingerprint density at radius 2 is 2.04 bits per heavy atom. The molecule has 2 aliphatic rings. The predicted molar refractivity (Wildman–Crippen MR) is 94.8 cm³/mol. The van der Waals surface area contributed by atoms with Crippen molar-refractivity contribution in [3.05, 3.63) is 35.4 Å². The van der Waals surface area contributed by atoms with Gasteiger partial charge in [0.1, 0.15) is 12.4 Å². The van der Waals surface area contributed by atoms with Crippen LogP contribution in [-0.2, 0) is 17.9 Å². The molecule has 1 saturated carbocycles. The van der Waals surface area contributed by atoms with Crippen LogP contribution >= 0.6 is 0 Å². The van der Waals surface area contributed by atoms with Gasteiger partial charge in [-0.3, -0.25) is 0 Å². The van der Waals surface area contributed by atoms with E-state index in [9.17, 15) is 13.2 Å². The Morgan fingerprint density at radius 1 is 1.25 bits per heavy atom. The summed E-state index contributed by atoms with van der Waals surface area (Å²) in [5, 5.41) is 4.11. The van der Waals surface area contributed by atoms with E-state index in [1.54, 1.807) is 25.3 Å². The van der Waals surface area contributed by atoms with Gasteiger partial charge in [0.25, 0.3) is 5.95 Å². The lowest BCUT2D eigenvalue weighted by molar-refractivity contribution is -0.0457. The molecule has 1 atom stereocenters. The van der Waals surface area contributed by atoms with Crippen molar-refractivity contribution >= 4 is 5.84 Å². The molecule has 0 spiro atoms. The molecular formula is C18H21F3N6O. The van der Waals surface area contributed by atoms with Gasteiger partial charge in [-0.15, -0.1) is 0 Å². The summed E-state index contributed by atoms with van der Waals surface area (Å²) in [5.41, 5.74) is 4.23. The zero-order valence-electron chi connectivity index (χ0n) is 15.4. The highest BCUT2D eigenvalue weighted by molar-refractivity contribution is 5.97. The largest absolute Gasteiger partial charge is 0.251 e. The van der Waals surface area contributed by atoms with Crippen LogP contribution in [0.5, 0.6) is 0 Å². The average molecular weight is 394 g/mol. The first-order chi connectivity index (χ1) is 13.4. The maximum absolute atomic E-state index is 13.4. The summed E-state index contributed by atoms with van der Waals surface area (Å²) in [6, 6.07) is 3.33. The lowest BCUT2D eigenvalue weighted by Crippen LogP contribution is -2.26. The minimum absolute atomic E-state index is 0.0961. The maximum atomic E-state index is 13.4. The number of halogens is 3. The van der Waals surface area contributed by atoms with E-state index >= 15 is 0 Å². The molecule has 7 nitrogen and oxygen atoms in total.